The number of carbonyl (C=O) groups is 1. The Kier molecular flexibility index (Phi) is 14.8. The predicted molar refractivity (Wildman–Crippen MR) is 219 cm³/mol. The van der Waals surface area contributed by atoms with E-state index >= 15 is 0 Å². The van der Waals surface area contributed by atoms with Gasteiger partial charge in [-0.1, -0.05) is 98.8 Å². The lowest BCUT2D eigenvalue weighted by Crippen LogP contribution is -2.57. The van der Waals surface area contributed by atoms with Gasteiger partial charge in [0.05, 0.1) is 52.3 Å². The largest absolute Gasteiger partial charge is 0.497 e. The quantitative estimate of drug-likeness (QED) is 0.0919. The van der Waals surface area contributed by atoms with Gasteiger partial charge in [0.1, 0.15) is 35.9 Å². The number of hydrogen-bond acceptors (Lipinski definition) is 9. The zero-order valence-corrected chi connectivity index (χ0v) is 33.7. The minimum atomic E-state index is -1.26. The topological polar surface area (TPSA) is 110 Å². The number of carbonyl (C=O) groups excluding carboxylic acids is 1. The SMILES string of the molecule is CCC(O)(CC)[C@@H]1CCCN1C1=CC(=O)N(Cc2ccc(OC)cc2)[C@H]1[C@@H](O)[C@H](OCc1ccccc1)[C@H](COCc1ccc(OC)cc1)OCc1ccccc1. The van der Waals surface area contributed by atoms with Gasteiger partial charge in [-0.15, -0.1) is 0 Å². The van der Waals surface area contributed by atoms with Crippen LogP contribution in [0, 0.1) is 0 Å². The van der Waals surface area contributed by atoms with Crippen molar-refractivity contribution >= 4 is 5.91 Å². The van der Waals surface area contributed by atoms with Crippen LogP contribution in [0.4, 0.5) is 0 Å². The lowest BCUT2D eigenvalue weighted by Gasteiger charge is -2.44. The molecule has 2 aliphatic heterocycles. The number of likely N-dealkylation sites (tertiary alicyclic amines) is 1. The van der Waals surface area contributed by atoms with Crippen molar-refractivity contribution in [3.63, 3.8) is 0 Å². The summed E-state index contributed by atoms with van der Waals surface area (Å²) < 4.78 is 30.6. The molecule has 2 aliphatic rings. The number of aliphatic hydroxyl groups excluding tert-OH is 1. The standard InChI is InChI=1S/C47H58N2O8/c1-5-47(52,6-2)42-18-13-27-48(42)40-28-43(50)49(29-34-19-23-38(53-3)24-20-34)44(40)45(51)46(57-32-36-16-11-8-12-17-36)41(56-31-35-14-9-7-10-15-35)33-55-30-37-21-25-39(54-4)26-22-37/h7-12,14-17,19-26,28,41-42,44-46,51-52H,5-6,13,18,27,29-33H2,1-4H3/t41-,42-,44+,45+,46+/m0/s1. The number of amides is 1. The highest BCUT2D eigenvalue weighted by Crippen LogP contribution is 2.40. The van der Waals surface area contributed by atoms with E-state index in [-0.39, 0.29) is 38.3 Å². The van der Waals surface area contributed by atoms with Gasteiger partial charge in [0.2, 0.25) is 5.91 Å². The van der Waals surface area contributed by atoms with E-state index in [1.54, 1.807) is 25.2 Å². The first-order valence-corrected chi connectivity index (χ1v) is 20.1. The molecule has 0 aromatic heterocycles. The average molecular weight is 779 g/mol. The van der Waals surface area contributed by atoms with Crippen molar-refractivity contribution in [1.82, 2.24) is 9.80 Å². The predicted octanol–water partition coefficient (Wildman–Crippen LogP) is 7.06. The molecule has 2 N–H and O–H groups in total. The number of aliphatic hydroxyl groups is 2. The minimum absolute atomic E-state index is 0.103. The molecule has 0 spiro atoms. The fourth-order valence-corrected chi connectivity index (χ4v) is 8.07. The summed E-state index contributed by atoms with van der Waals surface area (Å²) in [6.45, 7) is 5.76. The maximum absolute atomic E-state index is 14.3. The van der Waals surface area contributed by atoms with Crippen LogP contribution in [0.15, 0.2) is 121 Å². The summed E-state index contributed by atoms with van der Waals surface area (Å²) in [6.07, 6.45) is 1.47. The molecule has 2 heterocycles. The first kappa shape index (κ1) is 41.9. The van der Waals surface area contributed by atoms with Crippen LogP contribution in [0.25, 0.3) is 0 Å². The third kappa shape index (κ3) is 10.4. The summed E-state index contributed by atoms with van der Waals surface area (Å²) in [4.78, 5) is 18.1. The molecule has 5 atom stereocenters. The molecule has 0 bridgehead atoms. The van der Waals surface area contributed by atoms with Crippen LogP contribution >= 0.6 is 0 Å². The number of ether oxygens (including phenoxy) is 5. The Morgan fingerprint density at radius 2 is 1.28 bits per heavy atom. The Hall–Kier alpha value is -4.71. The highest BCUT2D eigenvalue weighted by Gasteiger charge is 2.50. The van der Waals surface area contributed by atoms with Crippen molar-refractivity contribution in [2.45, 2.75) is 102 Å². The van der Waals surface area contributed by atoms with Crippen LogP contribution in [0.3, 0.4) is 0 Å². The first-order chi connectivity index (χ1) is 27.8. The molecule has 0 radical (unpaired) electrons. The van der Waals surface area contributed by atoms with Gasteiger partial charge in [-0.2, -0.15) is 0 Å². The lowest BCUT2D eigenvalue weighted by atomic mass is 9.86. The van der Waals surface area contributed by atoms with Gasteiger partial charge in [0, 0.05) is 24.9 Å². The summed E-state index contributed by atoms with van der Waals surface area (Å²) in [5, 5.41) is 24.9. The number of hydrogen-bond donors (Lipinski definition) is 2. The molecule has 1 fully saturated rings. The van der Waals surface area contributed by atoms with Gasteiger partial charge in [-0.3, -0.25) is 4.79 Å². The van der Waals surface area contributed by atoms with E-state index in [0.717, 1.165) is 40.8 Å². The van der Waals surface area contributed by atoms with Crippen LogP contribution in [-0.2, 0) is 45.4 Å². The van der Waals surface area contributed by atoms with E-state index < -0.39 is 30.0 Å². The average Bonchev–Trinajstić information content (AvgIpc) is 3.88. The number of rotatable bonds is 21. The Labute approximate surface area is 337 Å². The fraction of sp³-hybridized carbons (Fsp3) is 0.426. The van der Waals surface area contributed by atoms with E-state index in [0.29, 0.717) is 37.4 Å². The summed E-state index contributed by atoms with van der Waals surface area (Å²) in [7, 11) is 3.25. The molecule has 57 heavy (non-hydrogen) atoms. The highest BCUT2D eigenvalue weighted by atomic mass is 16.6. The molecule has 0 aliphatic carbocycles. The molecule has 0 unspecified atom stereocenters. The summed E-state index contributed by atoms with van der Waals surface area (Å²) in [6, 6.07) is 34.0. The van der Waals surface area contributed by atoms with Gasteiger partial charge in [0.25, 0.3) is 0 Å². The zero-order chi connectivity index (χ0) is 40.2. The first-order valence-electron chi connectivity index (χ1n) is 20.1. The Morgan fingerprint density at radius 1 is 0.737 bits per heavy atom. The second-order valence-corrected chi connectivity index (χ2v) is 14.9. The molecular weight excluding hydrogens is 721 g/mol. The zero-order valence-electron chi connectivity index (χ0n) is 33.7. The van der Waals surface area contributed by atoms with E-state index in [2.05, 4.69) is 4.90 Å². The number of benzene rings is 4. The van der Waals surface area contributed by atoms with Gasteiger partial charge in [0.15, 0.2) is 0 Å². The van der Waals surface area contributed by atoms with Crippen LogP contribution in [0.2, 0.25) is 0 Å². The number of methoxy groups -OCH3 is 2. The third-order valence-electron chi connectivity index (χ3n) is 11.5. The van der Waals surface area contributed by atoms with Crippen molar-refractivity contribution in [2.75, 3.05) is 27.4 Å². The molecule has 1 saturated heterocycles. The van der Waals surface area contributed by atoms with Gasteiger partial charge in [-0.25, -0.2) is 0 Å². The van der Waals surface area contributed by atoms with E-state index in [1.165, 1.54) is 0 Å². The van der Waals surface area contributed by atoms with Gasteiger partial charge < -0.3 is 43.7 Å². The van der Waals surface area contributed by atoms with Crippen LogP contribution in [0.5, 0.6) is 11.5 Å². The summed E-state index contributed by atoms with van der Waals surface area (Å²) in [5.41, 5.74) is 3.45. The van der Waals surface area contributed by atoms with E-state index in [4.69, 9.17) is 23.7 Å². The van der Waals surface area contributed by atoms with E-state index in [9.17, 15) is 15.0 Å². The highest BCUT2D eigenvalue weighted by molar-refractivity contribution is 5.92. The van der Waals surface area contributed by atoms with Crippen LogP contribution in [0.1, 0.15) is 61.8 Å². The molecule has 304 valence electrons. The Bertz CT molecular complexity index is 1850. The normalized spacial score (nSPS) is 18.7. The van der Waals surface area contributed by atoms with Gasteiger partial charge in [-0.05, 0) is 72.2 Å². The molecule has 6 rings (SSSR count). The van der Waals surface area contributed by atoms with Crippen molar-refractivity contribution in [3.8, 4) is 11.5 Å². The van der Waals surface area contributed by atoms with Crippen molar-refractivity contribution in [3.05, 3.63) is 143 Å². The summed E-state index contributed by atoms with van der Waals surface area (Å²) >= 11 is 0. The van der Waals surface area contributed by atoms with Crippen molar-refractivity contribution < 1.29 is 38.7 Å². The Morgan fingerprint density at radius 3 is 1.84 bits per heavy atom. The molecule has 10 heteroatoms. The second-order valence-electron chi connectivity index (χ2n) is 14.9. The fourth-order valence-electron chi connectivity index (χ4n) is 8.07. The monoisotopic (exact) mass is 778 g/mol. The minimum Gasteiger partial charge on any atom is -0.497 e. The molecule has 0 saturated carbocycles. The summed E-state index contributed by atoms with van der Waals surface area (Å²) in [5.74, 6) is 1.25. The molecule has 10 nitrogen and oxygen atoms in total. The maximum Gasteiger partial charge on any atom is 0.249 e. The maximum atomic E-state index is 14.3. The molecular formula is C47H58N2O8. The van der Waals surface area contributed by atoms with Crippen molar-refractivity contribution in [2.24, 2.45) is 0 Å². The third-order valence-corrected chi connectivity index (χ3v) is 11.5. The molecule has 4 aromatic carbocycles. The molecule has 1 amide bonds. The molecule has 4 aromatic rings. The van der Waals surface area contributed by atoms with Gasteiger partial charge >= 0.3 is 0 Å². The number of nitrogens with zero attached hydrogens (tertiary/aromatic N) is 2. The van der Waals surface area contributed by atoms with Crippen LogP contribution in [-0.4, -0.2) is 89.3 Å². The van der Waals surface area contributed by atoms with Crippen molar-refractivity contribution in [1.29, 1.82) is 0 Å². The van der Waals surface area contributed by atoms with Crippen LogP contribution < -0.4 is 9.47 Å². The van der Waals surface area contributed by atoms with E-state index in [1.807, 2.05) is 123 Å². The lowest BCUT2D eigenvalue weighted by molar-refractivity contribution is -0.166. The second kappa shape index (κ2) is 20.1. The Balaban J connectivity index is 1.37. The smallest absolute Gasteiger partial charge is 0.249 e.